The molecule has 0 aliphatic heterocycles. The topological polar surface area (TPSA) is 76.9 Å². The third kappa shape index (κ3) is 4.12. The van der Waals surface area contributed by atoms with Crippen LogP contribution >= 0.6 is 23.4 Å². The van der Waals surface area contributed by atoms with Crippen LogP contribution in [0.25, 0.3) is 11.0 Å². The van der Waals surface area contributed by atoms with Crippen LogP contribution in [0.15, 0.2) is 65.2 Å². The lowest BCUT2D eigenvalue weighted by atomic mass is 10.3. The highest BCUT2D eigenvalue weighted by molar-refractivity contribution is 7.99. The van der Waals surface area contributed by atoms with Gasteiger partial charge in [-0.3, -0.25) is 14.2 Å². The van der Waals surface area contributed by atoms with Crippen LogP contribution in [-0.2, 0) is 11.3 Å². The monoisotopic (exact) mass is 386 g/mol. The first-order chi connectivity index (χ1) is 12.6. The molecular formula is C18H15ClN4O2S. The summed E-state index contributed by atoms with van der Waals surface area (Å²) >= 11 is 7.00. The lowest BCUT2D eigenvalue weighted by Crippen LogP contribution is -2.24. The summed E-state index contributed by atoms with van der Waals surface area (Å²) in [5.41, 5.74) is 0.804. The second kappa shape index (κ2) is 8.16. The smallest absolute Gasteiger partial charge is 0.263 e. The van der Waals surface area contributed by atoms with Crippen molar-refractivity contribution in [1.29, 1.82) is 0 Å². The fraction of sp³-hybridized carbons (Fsp3) is 0.111. The standard InChI is InChI=1S/C18H15ClN4O2S/c1-2-10-23-17(25)14-4-3-9-20-16(14)22-18(23)26-11-15(24)21-13-7-5-12(19)6-8-13/h2-9H,1,10-11H2,(H,21,24). The Kier molecular flexibility index (Phi) is 5.70. The largest absolute Gasteiger partial charge is 0.325 e. The quantitative estimate of drug-likeness (QED) is 0.399. The zero-order valence-corrected chi connectivity index (χ0v) is 15.3. The fourth-order valence-corrected chi connectivity index (χ4v) is 3.22. The van der Waals surface area contributed by atoms with E-state index in [2.05, 4.69) is 21.9 Å². The molecule has 2 aromatic heterocycles. The van der Waals surface area contributed by atoms with Crippen LogP contribution in [0, 0.1) is 0 Å². The molecule has 0 unspecified atom stereocenters. The summed E-state index contributed by atoms with van der Waals surface area (Å²) in [6.45, 7) is 3.98. The number of allylic oxidation sites excluding steroid dienone is 1. The number of carbonyl (C=O) groups excluding carboxylic acids is 1. The molecule has 0 radical (unpaired) electrons. The number of amides is 1. The van der Waals surface area contributed by atoms with Gasteiger partial charge in [0.1, 0.15) is 0 Å². The van der Waals surface area contributed by atoms with Gasteiger partial charge in [0.05, 0.1) is 11.1 Å². The minimum Gasteiger partial charge on any atom is -0.325 e. The minimum atomic E-state index is -0.210. The minimum absolute atomic E-state index is 0.102. The number of thioether (sulfide) groups is 1. The maximum atomic E-state index is 12.6. The van der Waals surface area contributed by atoms with E-state index in [1.54, 1.807) is 48.7 Å². The molecule has 0 aliphatic carbocycles. The Morgan fingerprint density at radius 2 is 2.08 bits per heavy atom. The zero-order chi connectivity index (χ0) is 18.5. The number of fused-ring (bicyclic) bond motifs is 1. The molecular weight excluding hydrogens is 372 g/mol. The number of pyridine rings is 1. The molecule has 1 N–H and O–H groups in total. The van der Waals surface area contributed by atoms with Gasteiger partial charge >= 0.3 is 0 Å². The van der Waals surface area contributed by atoms with Crippen molar-refractivity contribution in [1.82, 2.24) is 14.5 Å². The summed E-state index contributed by atoms with van der Waals surface area (Å²) in [5, 5.41) is 4.23. The number of nitrogens with one attached hydrogen (secondary N) is 1. The Labute approximate surface area is 158 Å². The molecule has 0 atom stereocenters. The van der Waals surface area contributed by atoms with Gasteiger partial charge in [-0.05, 0) is 36.4 Å². The molecule has 0 aliphatic rings. The molecule has 3 rings (SSSR count). The van der Waals surface area contributed by atoms with Crippen LogP contribution in [0.2, 0.25) is 5.02 Å². The van der Waals surface area contributed by atoms with Crippen molar-refractivity contribution in [2.75, 3.05) is 11.1 Å². The van der Waals surface area contributed by atoms with E-state index >= 15 is 0 Å². The Morgan fingerprint density at radius 3 is 2.81 bits per heavy atom. The van der Waals surface area contributed by atoms with E-state index in [1.807, 2.05) is 0 Å². The first-order valence-electron chi connectivity index (χ1n) is 7.73. The first kappa shape index (κ1) is 18.2. The third-order valence-electron chi connectivity index (χ3n) is 3.47. The second-order valence-electron chi connectivity index (χ2n) is 5.32. The predicted octanol–water partition coefficient (Wildman–Crippen LogP) is 3.36. The lowest BCUT2D eigenvalue weighted by molar-refractivity contribution is -0.113. The van der Waals surface area contributed by atoms with Gasteiger partial charge in [0.2, 0.25) is 5.91 Å². The van der Waals surface area contributed by atoms with Gasteiger partial charge in [-0.25, -0.2) is 9.97 Å². The molecule has 8 heteroatoms. The number of aromatic nitrogens is 3. The van der Waals surface area contributed by atoms with E-state index < -0.39 is 0 Å². The fourth-order valence-electron chi connectivity index (χ4n) is 2.30. The molecule has 0 spiro atoms. The van der Waals surface area contributed by atoms with E-state index in [-0.39, 0.29) is 17.2 Å². The van der Waals surface area contributed by atoms with Crippen LogP contribution in [0.5, 0.6) is 0 Å². The normalized spacial score (nSPS) is 10.7. The van der Waals surface area contributed by atoms with Crippen molar-refractivity contribution in [2.24, 2.45) is 0 Å². The second-order valence-corrected chi connectivity index (χ2v) is 6.70. The maximum Gasteiger partial charge on any atom is 0.263 e. The number of benzene rings is 1. The molecule has 0 bridgehead atoms. The van der Waals surface area contributed by atoms with Crippen LogP contribution in [0.4, 0.5) is 5.69 Å². The molecule has 0 fully saturated rings. The van der Waals surface area contributed by atoms with Crippen molar-refractivity contribution in [3.05, 3.63) is 70.6 Å². The SMILES string of the molecule is C=CCn1c(SCC(=O)Nc2ccc(Cl)cc2)nc2ncccc2c1=O. The molecule has 3 aromatic rings. The van der Waals surface area contributed by atoms with Gasteiger partial charge in [0.25, 0.3) is 5.56 Å². The number of hydrogen-bond acceptors (Lipinski definition) is 5. The Hall–Kier alpha value is -2.64. The van der Waals surface area contributed by atoms with E-state index in [0.29, 0.717) is 33.4 Å². The summed E-state index contributed by atoms with van der Waals surface area (Å²) in [4.78, 5) is 33.3. The number of anilines is 1. The molecule has 1 aromatic carbocycles. The Balaban J connectivity index is 1.80. The summed E-state index contributed by atoms with van der Waals surface area (Å²) in [6.07, 6.45) is 3.19. The Bertz CT molecular complexity index is 1020. The summed E-state index contributed by atoms with van der Waals surface area (Å²) in [7, 11) is 0. The zero-order valence-electron chi connectivity index (χ0n) is 13.7. The Morgan fingerprint density at radius 1 is 1.31 bits per heavy atom. The lowest BCUT2D eigenvalue weighted by Gasteiger charge is -2.11. The van der Waals surface area contributed by atoms with Gasteiger partial charge in [-0.2, -0.15) is 0 Å². The molecule has 26 heavy (non-hydrogen) atoms. The average molecular weight is 387 g/mol. The van der Waals surface area contributed by atoms with Crippen LogP contribution in [-0.4, -0.2) is 26.2 Å². The first-order valence-corrected chi connectivity index (χ1v) is 9.09. The summed E-state index contributed by atoms with van der Waals surface area (Å²) in [6, 6.07) is 10.2. The molecule has 2 heterocycles. The van der Waals surface area contributed by atoms with Gasteiger partial charge < -0.3 is 5.32 Å². The van der Waals surface area contributed by atoms with Crippen LogP contribution in [0.1, 0.15) is 0 Å². The van der Waals surface area contributed by atoms with Crippen molar-refractivity contribution in [3.8, 4) is 0 Å². The summed E-state index contributed by atoms with van der Waals surface area (Å²) in [5.74, 6) is -0.109. The molecule has 0 saturated heterocycles. The maximum absolute atomic E-state index is 12.6. The van der Waals surface area contributed by atoms with Crippen LogP contribution in [0.3, 0.4) is 0 Å². The highest BCUT2D eigenvalue weighted by Gasteiger charge is 2.13. The van der Waals surface area contributed by atoms with Gasteiger partial charge in [0.15, 0.2) is 10.8 Å². The van der Waals surface area contributed by atoms with E-state index in [9.17, 15) is 9.59 Å². The average Bonchev–Trinajstić information content (AvgIpc) is 2.64. The van der Waals surface area contributed by atoms with Gasteiger partial charge in [-0.1, -0.05) is 29.4 Å². The van der Waals surface area contributed by atoms with Crippen molar-refractivity contribution in [3.63, 3.8) is 0 Å². The number of carbonyl (C=O) groups is 1. The molecule has 0 saturated carbocycles. The van der Waals surface area contributed by atoms with Crippen molar-refractivity contribution < 1.29 is 4.79 Å². The highest BCUT2D eigenvalue weighted by Crippen LogP contribution is 2.18. The number of nitrogens with zero attached hydrogens (tertiary/aromatic N) is 3. The number of rotatable bonds is 6. The van der Waals surface area contributed by atoms with Gasteiger partial charge in [0, 0.05) is 23.5 Å². The van der Waals surface area contributed by atoms with Crippen molar-refractivity contribution in [2.45, 2.75) is 11.7 Å². The molecule has 132 valence electrons. The van der Waals surface area contributed by atoms with Gasteiger partial charge in [-0.15, -0.1) is 6.58 Å². The van der Waals surface area contributed by atoms with Crippen molar-refractivity contribution >= 4 is 46.0 Å². The number of hydrogen-bond donors (Lipinski definition) is 1. The summed E-state index contributed by atoms with van der Waals surface area (Å²) < 4.78 is 1.48. The predicted molar refractivity (Wildman–Crippen MR) is 105 cm³/mol. The number of halogens is 1. The van der Waals surface area contributed by atoms with Crippen LogP contribution < -0.4 is 10.9 Å². The molecule has 6 nitrogen and oxygen atoms in total. The third-order valence-corrected chi connectivity index (χ3v) is 4.70. The highest BCUT2D eigenvalue weighted by atomic mass is 35.5. The molecule has 1 amide bonds. The van der Waals surface area contributed by atoms with E-state index in [1.165, 1.54) is 16.3 Å². The van der Waals surface area contributed by atoms with E-state index in [4.69, 9.17) is 11.6 Å². The van der Waals surface area contributed by atoms with E-state index in [0.717, 1.165) is 0 Å².